The van der Waals surface area contributed by atoms with E-state index in [-0.39, 0.29) is 6.04 Å². The standard InChI is InChI=1S/C16H14N4/c1-2-4-14-13(3-1)16(15-10-18-11-20(14)15)19-9-12-5-7-17-8-6-12/h1-8,10-11,16,19H,9H2. The lowest BCUT2D eigenvalue weighted by atomic mass is 10.1. The summed E-state index contributed by atoms with van der Waals surface area (Å²) in [4.78, 5) is 8.31. The molecule has 4 heteroatoms. The lowest BCUT2D eigenvalue weighted by Crippen LogP contribution is -2.20. The fourth-order valence-electron chi connectivity index (χ4n) is 2.77. The Morgan fingerprint density at radius 1 is 1.05 bits per heavy atom. The molecule has 3 heterocycles. The van der Waals surface area contributed by atoms with E-state index >= 15 is 0 Å². The van der Waals surface area contributed by atoms with Crippen molar-refractivity contribution < 1.29 is 0 Å². The Morgan fingerprint density at radius 2 is 1.90 bits per heavy atom. The molecule has 4 nitrogen and oxygen atoms in total. The molecule has 1 aliphatic rings. The average molecular weight is 262 g/mol. The number of pyridine rings is 1. The van der Waals surface area contributed by atoms with Gasteiger partial charge in [-0.1, -0.05) is 18.2 Å². The van der Waals surface area contributed by atoms with E-state index in [1.807, 2.05) is 37.1 Å². The van der Waals surface area contributed by atoms with Gasteiger partial charge < -0.3 is 9.88 Å². The number of nitrogens with one attached hydrogen (secondary N) is 1. The SMILES string of the molecule is c1ccc2c(c1)C(NCc1ccncc1)c1cncn1-2. The van der Waals surface area contributed by atoms with Crippen molar-refractivity contribution in [1.29, 1.82) is 0 Å². The highest BCUT2D eigenvalue weighted by atomic mass is 15.1. The van der Waals surface area contributed by atoms with E-state index in [1.165, 1.54) is 22.5 Å². The van der Waals surface area contributed by atoms with Crippen LogP contribution in [0, 0.1) is 0 Å². The van der Waals surface area contributed by atoms with Crippen LogP contribution in [0.25, 0.3) is 5.69 Å². The Balaban J connectivity index is 1.66. The van der Waals surface area contributed by atoms with Gasteiger partial charge in [0.25, 0.3) is 0 Å². The van der Waals surface area contributed by atoms with Gasteiger partial charge in [0.15, 0.2) is 0 Å². The number of aromatic nitrogens is 3. The summed E-state index contributed by atoms with van der Waals surface area (Å²) in [6, 6.07) is 12.7. The van der Waals surface area contributed by atoms with Gasteiger partial charge in [0.2, 0.25) is 0 Å². The third-order valence-electron chi connectivity index (χ3n) is 3.73. The van der Waals surface area contributed by atoms with Crippen molar-refractivity contribution in [2.75, 3.05) is 0 Å². The second-order valence-corrected chi connectivity index (χ2v) is 4.92. The summed E-state index contributed by atoms with van der Waals surface area (Å²) < 4.78 is 2.15. The minimum atomic E-state index is 0.196. The van der Waals surface area contributed by atoms with E-state index < -0.39 is 0 Å². The second-order valence-electron chi connectivity index (χ2n) is 4.92. The quantitative estimate of drug-likeness (QED) is 0.788. The van der Waals surface area contributed by atoms with Gasteiger partial charge in [0.1, 0.15) is 0 Å². The second kappa shape index (κ2) is 4.58. The number of nitrogens with zero attached hydrogens (tertiary/aromatic N) is 3. The molecule has 0 bridgehead atoms. The maximum atomic E-state index is 4.26. The van der Waals surface area contributed by atoms with Crippen LogP contribution in [0.3, 0.4) is 0 Å². The van der Waals surface area contributed by atoms with Crippen LogP contribution in [0.4, 0.5) is 0 Å². The summed E-state index contributed by atoms with van der Waals surface area (Å²) in [6.07, 6.45) is 7.46. The summed E-state index contributed by atoms with van der Waals surface area (Å²) in [5.74, 6) is 0. The smallest absolute Gasteiger partial charge is 0.0994 e. The zero-order valence-corrected chi connectivity index (χ0v) is 10.9. The molecule has 0 saturated heterocycles. The van der Waals surface area contributed by atoms with Crippen LogP contribution in [0.2, 0.25) is 0 Å². The molecule has 0 fully saturated rings. The number of para-hydroxylation sites is 1. The van der Waals surface area contributed by atoms with Crippen LogP contribution in [-0.4, -0.2) is 14.5 Å². The molecule has 4 rings (SSSR count). The van der Waals surface area contributed by atoms with Crippen molar-refractivity contribution in [3.63, 3.8) is 0 Å². The van der Waals surface area contributed by atoms with Crippen molar-refractivity contribution >= 4 is 0 Å². The first-order valence-corrected chi connectivity index (χ1v) is 6.67. The summed E-state index contributed by atoms with van der Waals surface area (Å²) in [5, 5.41) is 3.61. The van der Waals surface area contributed by atoms with Crippen LogP contribution >= 0.6 is 0 Å². The largest absolute Gasteiger partial charge is 0.301 e. The lowest BCUT2D eigenvalue weighted by Gasteiger charge is -2.13. The van der Waals surface area contributed by atoms with E-state index in [4.69, 9.17) is 0 Å². The molecule has 1 aliphatic heterocycles. The van der Waals surface area contributed by atoms with Gasteiger partial charge in [-0.2, -0.15) is 0 Å². The molecule has 0 amide bonds. The molecule has 0 saturated carbocycles. The Hall–Kier alpha value is -2.46. The van der Waals surface area contributed by atoms with Crippen LogP contribution in [0.5, 0.6) is 0 Å². The predicted octanol–water partition coefficient (Wildman–Crippen LogP) is 2.46. The van der Waals surface area contributed by atoms with Gasteiger partial charge in [-0.15, -0.1) is 0 Å². The summed E-state index contributed by atoms with van der Waals surface area (Å²) in [5.41, 5.74) is 4.95. The van der Waals surface area contributed by atoms with E-state index in [1.54, 1.807) is 0 Å². The van der Waals surface area contributed by atoms with E-state index in [9.17, 15) is 0 Å². The van der Waals surface area contributed by atoms with Crippen molar-refractivity contribution in [3.05, 3.63) is 78.1 Å². The van der Waals surface area contributed by atoms with Gasteiger partial charge in [0, 0.05) is 18.9 Å². The number of hydrogen-bond donors (Lipinski definition) is 1. The maximum absolute atomic E-state index is 4.26. The number of benzene rings is 1. The van der Waals surface area contributed by atoms with Crippen molar-refractivity contribution in [2.24, 2.45) is 0 Å². The molecule has 1 atom stereocenters. The molecule has 3 aromatic rings. The lowest BCUT2D eigenvalue weighted by molar-refractivity contribution is 0.606. The molecule has 0 spiro atoms. The van der Waals surface area contributed by atoms with Gasteiger partial charge >= 0.3 is 0 Å². The molecule has 98 valence electrons. The zero-order chi connectivity index (χ0) is 13.4. The first-order chi connectivity index (χ1) is 9.93. The summed E-state index contributed by atoms with van der Waals surface area (Å²) in [7, 11) is 0. The fraction of sp³-hybridized carbons (Fsp3) is 0.125. The molecule has 2 aromatic heterocycles. The molecule has 20 heavy (non-hydrogen) atoms. The van der Waals surface area contributed by atoms with Crippen LogP contribution < -0.4 is 5.32 Å². The normalized spacial score (nSPS) is 15.9. The van der Waals surface area contributed by atoms with E-state index in [2.05, 4.69) is 44.1 Å². The maximum Gasteiger partial charge on any atom is 0.0994 e. The number of hydrogen-bond acceptors (Lipinski definition) is 3. The van der Waals surface area contributed by atoms with Gasteiger partial charge in [0.05, 0.1) is 29.9 Å². The fourth-order valence-corrected chi connectivity index (χ4v) is 2.77. The molecular formula is C16H14N4. The van der Waals surface area contributed by atoms with Gasteiger partial charge in [-0.25, -0.2) is 4.98 Å². The van der Waals surface area contributed by atoms with Crippen molar-refractivity contribution in [3.8, 4) is 5.69 Å². The summed E-state index contributed by atoms with van der Waals surface area (Å²) >= 11 is 0. The van der Waals surface area contributed by atoms with Crippen LogP contribution in [-0.2, 0) is 6.54 Å². The minimum absolute atomic E-state index is 0.196. The number of rotatable bonds is 3. The predicted molar refractivity (Wildman–Crippen MR) is 76.5 cm³/mol. The minimum Gasteiger partial charge on any atom is -0.301 e. The topological polar surface area (TPSA) is 42.7 Å². The van der Waals surface area contributed by atoms with E-state index in [0.717, 1.165) is 6.54 Å². The van der Waals surface area contributed by atoms with Crippen LogP contribution in [0.1, 0.15) is 22.9 Å². The van der Waals surface area contributed by atoms with Gasteiger partial charge in [-0.3, -0.25) is 4.98 Å². The van der Waals surface area contributed by atoms with Crippen molar-refractivity contribution in [2.45, 2.75) is 12.6 Å². The average Bonchev–Trinajstić information content (AvgIpc) is 3.07. The Labute approximate surface area is 117 Å². The monoisotopic (exact) mass is 262 g/mol. The highest BCUT2D eigenvalue weighted by Gasteiger charge is 2.28. The Kier molecular flexibility index (Phi) is 2.60. The first-order valence-electron chi connectivity index (χ1n) is 6.67. The Bertz CT molecular complexity index is 733. The number of fused-ring (bicyclic) bond motifs is 3. The van der Waals surface area contributed by atoms with Crippen molar-refractivity contribution in [1.82, 2.24) is 19.9 Å². The zero-order valence-electron chi connectivity index (χ0n) is 10.9. The molecule has 1 unspecified atom stereocenters. The molecule has 0 aliphatic carbocycles. The highest BCUT2D eigenvalue weighted by molar-refractivity contribution is 5.52. The van der Waals surface area contributed by atoms with Gasteiger partial charge in [-0.05, 0) is 29.3 Å². The third kappa shape index (κ3) is 1.73. The molecule has 1 aromatic carbocycles. The highest BCUT2D eigenvalue weighted by Crippen LogP contribution is 2.35. The molecule has 1 N–H and O–H groups in total. The molecule has 0 radical (unpaired) electrons. The van der Waals surface area contributed by atoms with E-state index in [0.29, 0.717) is 0 Å². The number of imidazole rings is 1. The molecular weight excluding hydrogens is 248 g/mol. The third-order valence-corrected chi connectivity index (χ3v) is 3.73. The summed E-state index contributed by atoms with van der Waals surface area (Å²) in [6.45, 7) is 0.812. The first kappa shape index (κ1) is 11.4. The Morgan fingerprint density at radius 3 is 2.80 bits per heavy atom. The van der Waals surface area contributed by atoms with Crippen LogP contribution in [0.15, 0.2) is 61.3 Å².